The van der Waals surface area contributed by atoms with Crippen LogP contribution in [0.3, 0.4) is 0 Å². The molecule has 0 aliphatic carbocycles. The third kappa shape index (κ3) is 3.97. The number of hydrogen-bond donors (Lipinski definition) is 3. The first-order valence-corrected chi connectivity index (χ1v) is 8.24. The Morgan fingerprint density at radius 3 is 2.96 bits per heavy atom. The van der Waals surface area contributed by atoms with Crippen LogP contribution in [0.2, 0.25) is 0 Å². The van der Waals surface area contributed by atoms with Gasteiger partial charge in [0.1, 0.15) is 11.9 Å². The molecule has 8 nitrogen and oxygen atoms in total. The van der Waals surface area contributed by atoms with Crippen molar-refractivity contribution in [1.82, 2.24) is 25.2 Å². The molecule has 2 unspecified atom stereocenters. The minimum atomic E-state index is -0.890. The summed E-state index contributed by atoms with van der Waals surface area (Å²) < 4.78 is 6.97. The van der Waals surface area contributed by atoms with Crippen LogP contribution in [0.4, 0.5) is 4.79 Å². The van der Waals surface area contributed by atoms with Crippen molar-refractivity contribution < 1.29 is 14.3 Å². The number of pyridine rings is 1. The molecule has 0 bridgehead atoms. The van der Waals surface area contributed by atoms with Gasteiger partial charge >= 0.3 is 6.03 Å². The molecule has 0 aliphatic heterocycles. The Bertz CT molecular complexity index is 815. The molecular formula is C17H21N5O3. The highest BCUT2D eigenvalue weighted by atomic mass is 16.4. The number of hydrogen-bond acceptors (Lipinski definition) is 5. The lowest BCUT2D eigenvalue weighted by molar-refractivity contribution is 0.147. The highest BCUT2D eigenvalue weighted by Gasteiger charge is 2.20. The molecule has 3 heterocycles. The van der Waals surface area contributed by atoms with Gasteiger partial charge in [-0.1, -0.05) is 19.4 Å². The smallest absolute Gasteiger partial charge is 0.315 e. The summed E-state index contributed by atoms with van der Waals surface area (Å²) in [6.45, 7) is 2.09. The van der Waals surface area contributed by atoms with E-state index in [-0.39, 0.29) is 18.6 Å². The van der Waals surface area contributed by atoms with Crippen molar-refractivity contribution in [2.24, 2.45) is 0 Å². The van der Waals surface area contributed by atoms with Gasteiger partial charge in [0.2, 0.25) is 0 Å². The van der Waals surface area contributed by atoms with Crippen LogP contribution in [0.5, 0.6) is 0 Å². The lowest BCUT2D eigenvalue weighted by Crippen LogP contribution is -2.40. The van der Waals surface area contributed by atoms with Crippen molar-refractivity contribution in [2.75, 3.05) is 6.54 Å². The van der Waals surface area contributed by atoms with Crippen LogP contribution in [0, 0.1) is 0 Å². The van der Waals surface area contributed by atoms with E-state index in [9.17, 15) is 9.90 Å². The standard InChI is InChI=1S/C17H21N5O3/c1-2-6-12(16-21-20-15-8-3-4-9-22(15)16)19-17(24)18-11-13(23)14-7-5-10-25-14/h3-5,7-10,12-13,23H,2,6,11H2,1H3,(H2,18,19,24). The molecule has 2 amide bonds. The summed E-state index contributed by atoms with van der Waals surface area (Å²) in [5.74, 6) is 1.09. The SMILES string of the molecule is CCCC(NC(=O)NCC(O)c1ccco1)c1nnc2ccccn12. The van der Waals surface area contributed by atoms with Crippen LogP contribution in [0.1, 0.15) is 43.5 Å². The zero-order chi connectivity index (χ0) is 17.6. The summed E-state index contributed by atoms with van der Waals surface area (Å²) in [5.41, 5.74) is 0.731. The molecule has 25 heavy (non-hydrogen) atoms. The minimum Gasteiger partial charge on any atom is -0.467 e. The molecule has 8 heteroatoms. The number of fused-ring (bicyclic) bond motifs is 1. The van der Waals surface area contributed by atoms with Gasteiger partial charge in [-0.05, 0) is 30.7 Å². The van der Waals surface area contributed by atoms with Crippen LogP contribution in [0.25, 0.3) is 5.65 Å². The van der Waals surface area contributed by atoms with Crippen molar-refractivity contribution in [3.63, 3.8) is 0 Å². The van der Waals surface area contributed by atoms with E-state index in [1.807, 2.05) is 35.7 Å². The zero-order valence-corrected chi connectivity index (χ0v) is 13.9. The second kappa shape index (κ2) is 7.80. The molecule has 3 rings (SSSR count). The fourth-order valence-electron chi connectivity index (χ4n) is 2.63. The van der Waals surface area contributed by atoms with E-state index < -0.39 is 6.10 Å². The van der Waals surface area contributed by atoms with Gasteiger partial charge in [0.25, 0.3) is 0 Å². The average Bonchev–Trinajstić information content (AvgIpc) is 3.29. The molecule has 3 N–H and O–H groups in total. The Labute approximate surface area is 144 Å². The van der Waals surface area contributed by atoms with Gasteiger partial charge in [0, 0.05) is 6.20 Å². The average molecular weight is 343 g/mol. The lowest BCUT2D eigenvalue weighted by Gasteiger charge is -2.18. The van der Waals surface area contributed by atoms with Crippen LogP contribution in [0.15, 0.2) is 47.2 Å². The number of furan rings is 1. The number of carbonyl (C=O) groups is 1. The Balaban J connectivity index is 1.64. The Hall–Kier alpha value is -2.87. The fraction of sp³-hybridized carbons (Fsp3) is 0.353. The number of aliphatic hydroxyl groups excluding tert-OH is 1. The largest absolute Gasteiger partial charge is 0.467 e. The Kier molecular flexibility index (Phi) is 5.30. The third-order valence-corrected chi connectivity index (χ3v) is 3.86. The summed E-state index contributed by atoms with van der Waals surface area (Å²) in [4.78, 5) is 12.2. The van der Waals surface area contributed by atoms with Gasteiger partial charge in [0.15, 0.2) is 11.5 Å². The summed E-state index contributed by atoms with van der Waals surface area (Å²) in [7, 11) is 0. The van der Waals surface area contributed by atoms with Crippen molar-refractivity contribution in [3.05, 3.63) is 54.4 Å². The summed E-state index contributed by atoms with van der Waals surface area (Å²) >= 11 is 0. The molecule has 0 aromatic carbocycles. The maximum Gasteiger partial charge on any atom is 0.315 e. The van der Waals surface area contributed by atoms with E-state index in [0.717, 1.165) is 18.5 Å². The van der Waals surface area contributed by atoms with E-state index in [2.05, 4.69) is 20.8 Å². The van der Waals surface area contributed by atoms with Crippen LogP contribution in [-0.4, -0.2) is 32.3 Å². The van der Waals surface area contributed by atoms with Crippen molar-refractivity contribution in [3.8, 4) is 0 Å². The van der Waals surface area contributed by atoms with Crippen molar-refractivity contribution in [2.45, 2.75) is 31.9 Å². The fourth-order valence-corrected chi connectivity index (χ4v) is 2.63. The molecule has 0 saturated carbocycles. The molecule has 0 radical (unpaired) electrons. The molecule has 0 aliphatic rings. The van der Waals surface area contributed by atoms with Gasteiger partial charge in [-0.15, -0.1) is 10.2 Å². The molecule has 2 atom stereocenters. The van der Waals surface area contributed by atoms with E-state index in [1.54, 1.807) is 12.1 Å². The molecule has 0 fully saturated rings. The van der Waals surface area contributed by atoms with Gasteiger partial charge in [-0.25, -0.2) is 4.79 Å². The first-order valence-electron chi connectivity index (χ1n) is 8.24. The highest BCUT2D eigenvalue weighted by molar-refractivity contribution is 5.74. The first kappa shape index (κ1) is 17.0. The summed E-state index contributed by atoms with van der Waals surface area (Å²) in [6, 6.07) is 8.33. The molecule has 3 aromatic heterocycles. The first-order chi connectivity index (χ1) is 12.2. The number of nitrogens with one attached hydrogen (secondary N) is 2. The number of urea groups is 1. The van der Waals surface area contributed by atoms with E-state index in [4.69, 9.17) is 4.42 Å². The van der Waals surface area contributed by atoms with Gasteiger partial charge in [0.05, 0.1) is 18.8 Å². The molecule has 132 valence electrons. The van der Waals surface area contributed by atoms with Gasteiger partial charge in [-0.2, -0.15) is 0 Å². The molecule has 3 aromatic rings. The number of rotatable bonds is 7. The molecular weight excluding hydrogens is 322 g/mol. The van der Waals surface area contributed by atoms with Crippen LogP contribution in [-0.2, 0) is 0 Å². The summed E-state index contributed by atoms with van der Waals surface area (Å²) in [5, 5.41) is 23.8. The third-order valence-electron chi connectivity index (χ3n) is 3.86. The molecule has 0 spiro atoms. The van der Waals surface area contributed by atoms with E-state index in [0.29, 0.717) is 11.6 Å². The Morgan fingerprint density at radius 1 is 1.32 bits per heavy atom. The number of amides is 2. The lowest BCUT2D eigenvalue weighted by atomic mass is 10.1. The maximum atomic E-state index is 12.2. The topological polar surface area (TPSA) is 105 Å². The quantitative estimate of drug-likeness (QED) is 0.610. The summed E-state index contributed by atoms with van der Waals surface area (Å²) in [6.07, 6.45) is 4.06. The van der Waals surface area contributed by atoms with E-state index in [1.165, 1.54) is 6.26 Å². The van der Waals surface area contributed by atoms with Crippen molar-refractivity contribution in [1.29, 1.82) is 0 Å². The Morgan fingerprint density at radius 2 is 2.20 bits per heavy atom. The second-order valence-electron chi connectivity index (χ2n) is 5.71. The van der Waals surface area contributed by atoms with Crippen molar-refractivity contribution >= 4 is 11.7 Å². The number of aromatic nitrogens is 3. The van der Waals surface area contributed by atoms with Gasteiger partial charge < -0.3 is 20.2 Å². The number of aliphatic hydroxyl groups is 1. The highest BCUT2D eigenvalue weighted by Crippen LogP contribution is 2.18. The van der Waals surface area contributed by atoms with Crippen LogP contribution < -0.4 is 10.6 Å². The second-order valence-corrected chi connectivity index (χ2v) is 5.71. The zero-order valence-electron chi connectivity index (χ0n) is 13.9. The number of nitrogens with zero attached hydrogens (tertiary/aromatic N) is 3. The minimum absolute atomic E-state index is 0.0543. The predicted molar refractivity (Wildman–Crippen MR) is 90.8 cm³/mol. The predicted octanol–water partition coefficient (Wildman–Crippen LogP) is 2.20. The normalized spacial score (nSPS) is 13.5. The van der Waals surface area contributed by atoms with Crippen LogP contribution >= 0.6 is 0 Å². The van der Waals surface area contributed by atoms with E-state index >= 15 is 0 Å². The number of carbonyl (C=O) groups excluding carboxylic acids is 1. The monoisotopic (exact) mass is 343 g/mol. The molecule has 0 saturated heterocycles. The van der Waals surface area contributed by atoms with Gasteiger partial charge in [-0.3, -0.25) is 4.40 Å². The maximum absolute atomic E-state index is 12.2.